The molecular formula is C5H11NO. The molecule has 0 fully saturated rings. The van der Waals surface area contributed by atoms with E-state index in [-0.39, 0.29) is 6.10 Å². The minimum atomic E-state index is 0.157. The van der Waals surface area contributed by atoms with Crippen molar-refractivity contribution >= 4 is 6.21 Å². The van der Waals surface area contributed by atoms with Gasteiger partial charge in [-0.2, -0.15) is 0 Å². The molecule has 42 valence electrons. The van der Waals surface area contributed by atoms with Crippen molar-refractivity contribution in [1.82, 2.24) is 0 Å². The van der Waals surface area contributed by atoms with Gasteiger partial charge in [-0.15, -0.1) is 0 Å². The number of methoxy groups -OCH3 is 1. The SMILES string of the molecule is CN=CC(C)OC. The van der Waals surface area contributed by atoms with Gasteiger partial charge in [0.05, 0.1) is 6.10 Å². The number of hydrogen-bond acceptors (Lipinski definition) is 2. The van der Waals surface area contributed by atoms with Gasteiger partial charge in [0.1, 0.15) is 0 Å². The molecule has 0 rings (SSSR count). The quantitative estimate of drug-likeness (QED) is 0.470. The molecular weight excluding hydrogens is 90.1 g/mol. The summed E-state index contributed by atoms with van der Waals surface area (Å²) in [5.74, 6) is 0. The highest BCUT2D eigenvalue weighted by molar-refractivity contribution is 5.61. The molecule has 0 aromatic heterocycles. The van der Waals surface area contributed by atoms with Gasteiger partial charge in [-0.1, -0.05) is 0 Å². The minimum absolute atomic E-state index is 0.157. The predicted octanol–water partition coefficient (Wildman–Crippen LogP) is 0.722. The predicted molar refractivity (Wildman–Crippen MR) is 30.9 cm³/mol. The van der Waals surface area contributed by atoms with Crippen molar-refractivity contribution in [2.45, 2.75) is 13.0 Å². The number of aliphatic imine (C=N–C) groups is 1. The van der Waals surface area contributed by atoms with Crippen LogP contribution in [0.4, 0.5) is 0 Å². The van der Waals surface area contributed by atoms with E-state index in [4.69, 9.17) is 4.74 Å². The summed E-state index contributed by atoms with van der Waals surface area (Å²) in [4.78, 5) is 3.76. The fraction of sp³-hybridized carbons (Fsp3) is 0.800. The lowest BCUT2D eigenvalue weighted by Gasteiger charge is -1.97. The van der Waals surface area contributed by atoms with E-state index in [9.17, 15) is 0 Å². The molecule has 0 radical (unpaired) electrons. The van der Waals surface area contributed by atoms with E-state index in [0.29, 0.717) is 0 Å². The molecule has 0 aliphatic carbocycles. The maximum absolute atomic E-state index is 4.84. The normalized spacial score (nSPS) is 15.3. The Morgan fingerprint density at radius 1 is 1.71 bits per heavy atom. The molecule has 2 nitrogen and oxygen atoms in total. The van der Waals surface area contributed by atoms with Gasteiger partial charge in [0, 0.05) is 20.4 Å². The minimum Gasteiger partial charge on any atom is -0.376 e. The molecule has 0 heterocycles. The Kier molecular flexibility index (Phi) is 3.61. The van der Waals surface area contributed by atoms with Crippen molar-refractivity contribution in [1.29, 1.82) is 0 Å². The average molecular weight is 101 g/mol. The Bertz CT molecular complexity index is 61.1. The molecule has 0 N–H and O–H groups in total. The lowest BCUT2D eigenvalue weighted by atomic mass is 10.4. The van der Waals surface area contributed by atoms with Crippen molar-refractivity contribution in [3.63, 3.8) is 0 Å². The molecule has 0 spiro atoms. The first-order valence-electron chi connectivity index (χ1n) is 2.26. The Labute approximate surface area is 44.2 Å². The van der Waals surface area contributed by atoms with Crippen molar-refractivity contribution in [2.75, 3.05) is 14.2 Å². The van der Waals surface area contributed by atoms with E-state index in [1.165, 1.54) is 0 Å². The molecule has 7 heavy (non-hydrogen) atoms. The molecule has 0 aliphatic heterocycles. The van der Waals surface area contributed by atoms with Gasteiger partial charge in [-0.3, -0.25) is 4.99 Å². The van der Waals surface area contributed by atoms with Crippen LogP contribution in [0.2, 0.25) is 0 Å². The van der Waals surface area contributed by atoms with Crippen molar-refractivity contribution in [2.24, 2.45) is 4.99 Å². The third-order valence-electron chi connectivity index (χ3n) is 0.731. The molecule has 1 unspecified atom stereocenters. The van der Waals surface area contributed by atoms with Crippen LogP contribution in [0.15, 0.2) is 4.99 Å². The van der Waals surface area contributed by atoms with Crippen LogP contribution in [0.1, 0.15) is 6.92 Å². The number of rotatable bonds is 2. The summed E-state index contributed by atoms with van der Waals surface area (Å²) in [7, 11) is 3.39. The highest BCUT2D eigenvalue weighted by atomic mass is 16.5. The Morgan fingerprint density at radius 3 is 2.43 bits per heavy atom. The second-order valence-electron chi connectivity index (χ2n) is 1.35. The molecule has 0 aliphatic rings. The second-order valence-corrected chi connectivity index (χ2v) is 1.35. The largest absolute Gasteiger partial charge is 0.376 e. The fourth-order valence-electron chi connectivity index (χ4n) is 0.271. The number of nitrogens with zero attached hydrogens (tertiary/aromatic N) is 1. The first-order chi connectivity index (χ1) is 3.31. The highest BCUT2D eigenvalue weighted by Gasteiger charge is 1.87. The standard InChI is InChI=1S/C5H11NO/c1-5(7-3)4-6-2/h4-5H,1-3H3. The Balaban J connectivity index is 3.16. The number of hydrogen-bond donors (Lipinski definition) is 0. The van der Waals surface area contributed by atoms with Gasteiger partial charge in [0.15, 0.2) is 0 Å². The third kappa shape index (κ3) is 3.46. The lowest BCUT2D eigenvalue weighted by molar-refractivity contribution is 0.174. The summed E-state index contributed by atoms with van der Waals surface area (Å²) < 4.78 is 4.84. The van der Waals surface area contributed by atoms with Gasteiger partial charge < -0.3 is 4.74 Å². The maximum Gasteiger partial charge on any atom is 0.0889 e. The summed E-state index contributed by atoms with van der Waals surface area (Å²) in [6.07, 6.45) is 1.91. The topological polar surface area (TPSA) is 21.6 Å². The number of ether oxygens (including phenoxy) is 1. The van der Waals surface area contributed by atoms with Crippen molar-refractivity contribution in [3.8, 4) is 0 Å². The fourth-order valence-corrected chi connectivity index (χ4v) is 0.271. The lowest BCUT2D eigenvalue weighted by Crippen LogP contribution is -2.04. The summed E-state index contributed by atoms with van der Waals surface area (Å²) >= 11 is 0. The first-order valence-corrected chi connectivity index (χ1v) is 2.26. The molecule has 0 aromatic carbocycles. The first kappa shape index (κ1) is 6.63. The van der Waals surface area contributed by atoms with Crippen LogP contribution in [0.3, 0.4) is 0 Å². The molecule has 0 bridgehead atoms. The van der Waals surface area contributed by atoms with Crippen LogP contribution < -0.4 is 0 Å². The smallest absolute Gasteiger partial charge is 0.0889 e. The van der Waals surface area contributed by atoms with E-state index in [1.54, 1.807) is 20.4 Å². The van der Waals surface area contributed by atoms with Crippen molar-refractivity contribution < 1.29 is 4.74 Å². The zero-order valence-corrected chi connectivity index (χ0v) is 5.01. The molecule has 0 aromatic rings. The van der Waals surface area contributed by atoms with Crippen LogP contribution in [-0.4, -0.2) is 26.5 Å². The zero-order chi connectivity index (χ0) is 5.70. The van der Waals surface area contributed by atoms with E-state index in [1.807, 2.05) is 6.92 Å². The Hall–Kier alpha value is -0.370. The van der Waals surface area contributed by atoms with Crippen LogP contribution in [0, 0.1) is 0 Å². The van der Waals surface area contributed by atoms with Crippen LogP contribution in [-0.2, 0) is 4.74 Å². The third-order valence-corrected chi connectivity index (χ3v) is 0.731. The molecule has 0 amide bonds. The van der Waals surface area contributed by atoms with Gasteiger partial charge >= 0.3 is 0 Å². The second kappa shape index (κ2) is 3.81. The van der Waals surface area contributed by atoms with E-state index < -0.39 is 0 Å². The maximum atomic E-state index is 4.84. The van der Waals surface area contributed by atoms with E-state index in [0.717, 1.165) is 0 Å². The van der Waals surface area contributed by atoms with Crippen molar-refractivity contribution in [3.05, 3.63) is 0 Å². The van der Waals surface area contributed by atoms with Gasteiger partial charge in [0.2, 0.25) is 0 Å². The summed E-state index contributed by atoms with van der Waals surface area (Å²) in [5.41, 5.74) is 0. The average Bonchev–Trinajstić information content (AvgIpc) is 1.68. The molecule has 0 saturated carbocycles. The summed E-state index contributed by atoms with van der Waals surface area (Å²) in [5, 5.41) is 0. The van der Waals surface area contributed by atoms with Gasteiger partial charge in [-0.25, -0.2) is 0 Å². The van der Waals surface area contributed by atoms with Crippen LogP contribution in [0.5, 0.6) is 0 Å². The Morgan fingerprint density at radius 2 is 2.29 bits per heavy atom. The zero-order valence-electron chi connectivity index (χ0n) is 5.01. The van der Waals surface area contributed by atoms with E-state index in [2.05, 4.69) is 4.99 Å². The highest BCUT2D eigenvalue weighted by Crippen LogP contribution is 1.78. The molecule has 2 heteroatoms. The van der Waals surface area contributed by atoms with Crippen LogP contribution >= 0.6 is 0 Å². The van der Waals surface area contributed by atoms with Gasteiger partial charge in [0.25, 0.3) is 0 Å². The monoisotopic (exact) mass is 101 g/mol. The molecule has 1 atom stereocenters. The van der Waals surface area contributed by atoms with E-state index >= 15 is 0 Å². The summed E-state index contributed by atoms with van der Waals surface area (Å²) in [6.45, 7) is 1.94. The van der Waals surface area contributed by atoms with Gasteiger partial charge in [-0.05, 0) is 6.92 Å². The summed E-state index contributed by atoms with van der Waals surface area (Å²) in [6, 6.07) is 0. The molecule has 0 saturated heterocycles. The van der Waals surface area contributed by atoms with Crippen LogP contribution in [0.25, 0.3) is 0 Å².